The topological polar surface area (TPSA) is 29.5 Å². The van der Waals surface area contributed by atoms with E-state index in [-0.39, 0.29) is 6.10 Å². The van der Waals surface area contributed by atoms with Crippen LogP contribution in [0.1, 0.15) is 76.7 Å². The molecule has 0 aliphatic heterocycles. The number of aliphatic hydroxyl groups is 1. The van der Waals surface area contributed by atoms with Crippen molar-refractivity contribution >= 4 is 19.4 Å². The first-order valence-corrected chi connectivity index (χ1v) is 12.2. The van der Waals surface area contributed by atoms with Crippen LogP contribution in [0.4, 0.5) is 0 Å². The fraction of sp³-hybridized carbons (Fsp3) is 0.727. The summed E-state index contributed by atoms with van der Waals surface area (Å²) in [5.41, 5.74) is 1.30. The second-order valence-electron chi connectivity index (χ2n) is 7.04. The molecule has 0 spiro atoms. The van der Waals surface area contributed by atoms with Crippen molar-refractivity contribution < 1.29 is 9.84 Å². The molecule has 0 aliphatic carbocycles. The first kappa shape index (κ1) is 22.7. The van der Waals surface area contributed by atoms with Gasteiger partial charge in [0.15, 0.2) is 0 Å². The van der Waals surface area contributed by atoms with Gasteiger partial charge >= 0.3 is 136 Å². The van der Waals surface area contributed by atoms with E-state index in [1.54, 1.807) is 0 Å². The average Bonchev–Trinajstić information content (AvgIpc) is 2.61. The summed E-state index contributed by atoms with van der Waals surface area (Å²) in [6.07, 6.45) is 13.1. The van der Waals surface area contributed by atoms with Gasteiger partial charge in [0.25, 0.3) is 0 Å². The van der Waals surface area contributed by atoms with Gasteiger partial charge in [-0.15, -0.1) is 0 Å². The maximum absolute atomic E-state index is 10.0. The quantitative estimate of drug-likeness (QED) is 0.304. The van der Waals surface area contributed by atoms with Crippen LogP contribution in [0.15, 0.2) is 24.3 Å². The molecule has 144 valence electrons. The zero-order valence-electron chi connectivity index (χ0n) is 16.3. The Balaban J connectivity index is 1.86. The second-order valence-corrected chi connectivity index (χ2v) is 9.33. The molecular weight excluding hydrogens is 375 g/mol. The van der Waals surface area contributed by atoms with E-state index in [1.165, 1.54) is 67.8 Å². The third kappa shape index (κ3) is 13.5. The van der Waals surface area contributed by atoms with Crippen molar-refractivity contribution in [3.8, 4) is 0 Å². The van der Waals surface area contributed by atoms with Crippen LogP contribution in [0.25, 0.3) is 0 Å². The summed E-state index contributed by atoms with van der Waals surface area (Å²) in [6, 6.07) is 8.59. The Hall–Kier alpha value is -0.341. The molecule has 0 aliphatic rings. The van der Waals surface area contributed by atoms with Crippen molar-refractivity contribution in [1.29, 1.82) is 0 Å². The number of unbranched alkanes of at least 4 members (excludes halogenated alkanes) is 9. The molecule has 1 N–H and O–H groups in total. The molecule has 1 atom stereocenters. The van der Waals surface area contributed by atoms with Crippen LogP contribution in [0.3, 0.4) is 0 Å². The molecule has 0 saturated carbocycles. The summed E-state index contributed by atoms with van der Waals surface area (Å²) < 4.78 is 7.00. The Morgan fingerprint density at radius 3 is 2.24 bits per heavy atom. The van der Waals surface area contributed by atoms with Crippen LogP contribution >= 0.6 is 0 Å². The van der Waals surface area contributed by atoms with Gasteiger partial charge in [-0.25, -0.2) is 0 Å². The van der Waals surface area contributed by atoms with Crippen molar-refractivity contribution in [3.05, 3.63) is 29.8 Å². The van der Waals surface area contributed by atoms with Gasteiger partial charge in [-0.3, -0.25) is 0 Å². The van der Waals surface area contributed by atoms with E-state index < -0.39 is 0 Å². The molecular formula is C22H38O2Se. The molecule has 1 aromatic carbocycles. The van der Waals surface area contributed by atoms with Crippen LogP contribution < -0.4 is 4.46 Å². The van der Waals surface area contributed by atoms with E-state index >= 15 is 0 Å². The number of benzene rings is 1. The maximum atomic E-state index is 10.0. The molecule has 0 radical (unpaired) electrons. The summed E-state index contributed by atoms with van der Waals surface area (Å²) in [6.45, 7) is 5.67. The van der Waals surface area contributed by atoms with E-state index in [1.807, 2.05) is 0 Å². The van der Waals surface area contributed by atoms with E-state index in [9.17, 15) is 5.11 Å². The van der Waals surface area contributed by atoms with Crippen LogP contribution in [0.5, 0.6) is 0 Å². The average molecular weight is 414 g/mol. The van der Waals surface area contributed by atoms with Crippen molar-refractivity contribution in [2.75, 3.05) is 13.2 Å². The summed E-state index contributed by atoms with van der Waals surface area (Å²) in [4.78, 5) is 0. The number of hydrogen-bond donors (Lipinski definition) is 1. The zero-order valence-corrected chi connectivity index (χ0v) is 18.1. The normalized spacial score (nSPS) is 12.4. The van der Waals surface area contributed by atoms with Crippen LogP contribution in [-0.4, -0.2) is 39.4 Å². The molecule has 0 fully saturated rings. The van der Waals surface area contributed by atoms with E-state index in [0.29, 0.717) is 21.6 Å². The molecule has 1 unspecified atom stereocenters. The molecule has 1 aromatic rings. The van der Waals surface area contributed by atoms with E-state index in [0.717, 1.165) is 18.3 Å². The van der Waals surface area contributed by atoms with Gasteiger partial charge in [-0.2, -0.15) is 0 Å². The monoisotopic (exact) mass is 414 g/mol. The third-order valence-corrected chi connectivity index (χ3v) is 6.77. The zero-order chi connectivity index (χ0) is 18.2. The van der Waals surface area contributed by atoms with Crippen molar-refractivity contribution in [2.45, 2.75) is 89.5 Å². The van der Waals surface area contributed by atoms with Gasteiger partial charge in [0.05, 0.1) is 0 Å². The molecule has 0 saturated heterocycles. The first-order valence-electron chi connectivity index (χ1n) is 10.2. The number of ether oxygens (including phenoxy) is 1. The molecule has 0 aromatic heterocycles. The van der Waals surface area contributed by atoms with Crippen molar-refractivity contribution in [3.63, 3.8) is 0 Å². The number of aryl methyl sites for hydroxylation is 1. The predicted octanol–water partition coefficient (Wildman–Crippen LogP) is 5.04. The number of rotatable bonds is 16. The fourth-order valence-electron chi connectivity index (χ4n) is 2.86. The fourth-order valence-corrected chi connectivity index (χ4v) is 4.80. The van der Waals surface area contributed by atoms with Gasteiger partial charge in [0.1, 0.15) is 0 Å². The molecule has 0 bridgehead atoms. The van der Waals surface area contributed by atoms with Crippen molar-refractivity contribution in [2.24, 2.45) is 0 Å². The molecule has 2 nitrogen and oxygen atoms in total. The third-order valence-electron chi connectivity index (χ3n) is 4.38. The minimum absolute atomic E-state index is 0.316. The second kappa shape index (κ2) is 15.9. The van der Waals surface area contributed by atoms with Crippen LogP contribution in [0, 0.1) is 6.92 Å². The molecule has 3 heteroatoms. The van der Waals surface area contributed by atoms with Gasteiger partial charge in [0.2, 0.25) is 0 Å². The van der Waals surface area contributed by atoms with Crippen LogP contribution in [-0.2, 0) is 4.74 Å². The number of aliphatic hydroxyl groups excluding tert-OH is 1. The predicted molar refractivity (Wildman–Crippen MR) is 110 cm³/mol. The SMILES string of the molecule is CCCCCCCCCCCCOCC(O)C[Se]c1cccc(C)c1. The van der Waals surface area contributed by atoms with E-state index in [2.05, 4.69) is 38.1 Å². The number of hydrogen-bond acceptors (Lipinski definition) is 2. The summed E-state index contributed by atoms with van der Waals surface area (Å²) in [5.74, 6) is 0. The minimum atomic E-state index is -0.316. The Morgan fingerprint density at radius 2 is 1.60 bits per heavy atom. The van der Waals surface area contributed by atoms with Gasteiger partial charge in [-0.1, -0.05) is 26.2 Å². The molecule has 1 rings (SSSR count). The summed E-state index contributed by atoms with van der Waals surface area (Å²) in [7, 11) is 0. The van der Waals surface area contributed by atoms with Gasteiger partial charge in [0, 0.05) is 0 Å². The van der Waals surface area contributed by atoms with Gasteiger partial charge in [-0.05, 0) is 0 Å². The Kier molecular flexibility index (Phi) is 14.4. The van der Waals surface area contributed by atoms with E-state index in [4.69, 9.17) is 4.74 Å². The molecule has 25 heavy (non-hydrogen) atoms. The Labute approximate surface area is 161 Å². The Bertz CT molecular complexity index is 422. The Morgan fingerprint density at radius 1 is 0.960 bits per heavy atom. The standard InChI is InChI=1S/C22H38O2Se/c1-3-4-5-6-7-8-9-10-11-12-16-24-18-21(23)19-25-22-15-13-14-20(2)17-22/h13-15,17,21,23H,3-12,16,18-19H2,1-2H3. The van der Waals surface area contributed by atoms with Crippen molar-refractivity contribution in [1.82, 2.24) is 0 Å². The summed E-state index contributed by atoms with van der Waals surface area (Å²) in [5, 5.41) is 10.9. The molecule has 0 amide bonds. The first-order chi connectivity index (χ1) is 12.2. The summed E-state index contributed by atoms with van der Waals surface area (Å²) >= 11 is 0.339. The van der Waals surface area contributed by atoms with Gasteiger partial charge < -0.3 is 0 Å². The molecule has 0 heterocycles. The van der Waals surface area contributed by atoms with Crippen LogP contribution in [0.2, 0.25) is 5.32 Å².